The molecule has 0 aliphatic carbocycles. The van der Waals surface area contributed by atoms with Gasteiger partial charge in [0.25, 0.3) is 5.91 Å². The van der Waals surface area contributed by atoms with E-state index in [1.807, 2.05) is 0 Å². The van der Waals surface area contributed by atoms with Crippen LogP contribution in [0.5, 0.6) is 0 Å². The van der Waals surface area contributed by atoms with Gasteiger partial charge in [-0.25, -0.2) is 0 Å². The highest BCUT2D eigenvalue weighted by molar-refractivity contribution is 5.99. The van der Waals surface area contributed by atoms with Crippen molar-refractivity contribution < 1.29 is 42.3 Å². The Hall–Kier alpha value is -3.64. The third-order valence-electron chi connectivity index (χ3n) is 5.06. The summed E-state index contributed by atoms with van der Waals surface area (Å²) in [7, 11) is 0. The second-order valence-electron chi connectivity index (χ2n) is 7.53. The molecule has 0 spiro atoms. The molecule has 1 saturated heterocycles. The number of carbonyl (C=O) groups excluding carboxylic acids is 4. The maximum Gasteiger partial charge on any atom is 0.418 e. The van der Waals surface area contributed by atoms with E-state index in [0.717, 1.165) is 12.1 Å². The molecule has 13 heteroatoms. The van der Waals surface area contributed by atoms with Gasteiger partial charge in [-0.1, -0.05) is 0 Å². The summed E-state index contributed by atoms with van der Waals surface area (Å²) in [4.78, 5) is 60.6. The lowest BCUT2D eigenvalue weighted by atomic mass is 10.1. The monoisotopic (exact) mass is 472 g/mol. The highest BCUT2D eigenvalue weighted by atomic mass is 19.4. The van der Waals surface area contributed by atoms with Crippen molar-refractivity contribution in [3.8, 4) is 0 Å². The average Bonchev–Trinajstić information content (AvgIpc) is 3.21. The molecule has 1 aromatic rings. The predicted molar refractivity (Wildman–Crippen MR) is 108 cm³/mol. The minimum Gasteiger partial charge on any atom is -0.481 e. The second kappa shape index (κ2) is 10.3. The lowest BCUT2D eigenvalue weighted by Crippen LogP contribution is -2.54. The van der Waals surface area contributed by atoms with E-state index in [9.17, 15) is 37.1 Å². The first-order valence-corrected chi connectivity index (χ1v) is 9.90. The average molecular weight is 472 g/mol. The minimum absolute atomic E-state index is 0.169. The molecule has 3 amide bonds. The fourth-order valence-corrected chi connectivity index (χ4v) is 3.44. The number of aldehydes is 1. The maximum absolute atomic E-state index is 13.0. The highest BCUT2D eigenvalue weighted by Gasteiger charge is 2.38. The Morgan fingerprint density at radius 1 is 1.27 bits per heavy atom. The second-order valence-corrected chi connectivity index (χ2v) is 7.53. The SMILES string of the molecule is C[C@H](NC(=O)c1ccc(N)c(C(F)(F)F)c1)C(=O)N1CCCC1C(=O)N[C@H](C=O)CC(=O)O. The number of likely N-dealkylation sites (tertiary alicyclic amines) is 1. The zero-order chi connectivity index (χ0) is 24.9. The third-order valence-corrected chi connectivity index (χ3v) is 5.06. The Bertz CT molecular complexity index is 952. The van der Waals surface area contributed by atoms with E-state index < -0.39 is 65.7 Å². The van der Waals surface area contributed by atoms with Crippen LogP contribution in [0, 0.1) is 0 Å². The van der Waals surface area contributed by atoms with Crippen LogP contribution in [0.1, 0.15) is 42.1 Å². The normalized spacial score (nSPS) is 17.7. The summed E-state index contributed by atoms with van der Waals surface area (Å²) in [5.74, 6) is -3.61. The van der Waals surface area contributed by atoms with Crippen LogP contribution in [0.25, 0.3) is 0 Å². The van der Waals surface area contributed by atoms with E-state index in [1.54, 1.807) is 0 Å². The first-order valence-electron chi connectivity index (χ1n) is 9.90. The summed E-state index contributed by atoms with van der Waals surface area (Å²) in [6.45, 7) is 1.48. The van der Waals surface area contributed by atoms with E-state index in [0.29, 0.717) is 12.5 Å². The molecule has 1 aliphatic heterocycles. The quantitative estimate of drug-likeness (QED) is 0.318. The van der Waals surface area contributed by atoms with Gasteiger partial charge in [0.15, 0.2) is 0 Å². The van der Waals surface area contributed by atoms with Crippen LogP contribution >= 0.6 is 0 Å². The van der Waals surface area contributed by atoms with Gasteiger partial charge < -0.3 is 31.2 Å². The van der Waals surface area contributed by atoms with Gasteiger partial charge in [0.05, 0.1) is 18.0 Å². The molecular weight excluding hydrogens is 449 g/mol. The van der Waals surface area contributed by atoms with Gasteiger partial charge in [-0.3, -0.25) is 19.2 Å². The fraction of sp³-hybridized carbons (Fsp3) is 0.450. The first-order chi connectivity index (χ1) is 15.3. The molecule has 180 valence electrons. The van der Waals surface area contributed by atoms with Crippen LogP contribution < -0.4 is 16.4 Å². The van der Waals surface area contributed by atoms with Gasteiger partial charge in [-0.15, -0.1) is 0 Å². The number of carboxylic acids is 1. The van der Waals surface area contributed by atoms with Gasteiger partial charge >= 0.3 is 12.1 Å². The number of nitrogen functional groups attached to an aromatic ring is 1. The number of alkyl halides is 3. The van der Waals surface area contributed by atoms with E-state index in [2.05, 4.69) is 10.6 Å². The molecule has 2 rings (SSSR count). The summed E-state index contributed by atoms with van der Waals surface area (Å²) in [6, 6.07) is -0.828. The maximum atomic E-state index is 13.0. The predicted octanol–water partition coefficient (Wildman–Crippen LogP) is 0.555. The van der Waals surface area contributed by atoms with E-state index in [4.69, 9.17) is 10.8 Å². The number of nitrogens with two attached hydrogens (primary N) is 1. The standard InChI is InChI=1S/C20H23F3N4O6/c1-10(25-17(31)11-4-5-14(24)13(7-11)20(21,22)23)19(33)27-6-2-3-15(27)18(32)26-12(9-28)8-16(29)30/h4-5,7,9-10,12,15H,2-3,6,8,24H2,1H3,(H,25,31)(H,26,32)(H,29,30)/t10-,12-,15?/m0/s1. The molecular formula is C20H23F3N4O6. The fourth-order valence-electron chi connectivity index (χ4n) is 3.44. The summed E-state index contributed by atoms with van der Waals surface area (Å²) >= 11 is 0. The molecule has 1 unspecified atom stereocenters. The number of rotatable bonds is 8. The summed E-state index contributed by atoms with van der Waals surface area (Å²) in [5, 5.41) is 13.3. The molecule has 5 N–H and O–H groups in total. The Kier molecular flexibility index (Phi) is 8.01. The van der Waals surface area contributed by atoms with Crippen LogP contribution in [0.3, 0.4) is 0 Å². The van der Waals surface area contributed by atoms with Crippen molar-refractivity contribution in [3.63, 3.8) is 0 Å². The van der Waals surface area contributed by atoms with Gasteiger partial charge in [-0.2, -0.15) is 13.2 Å². The highest BCUT2D eigenvalue weighted by Crippen LogP contribution is 2.34. The number of nitrogens with one attached hydrogen (secondary N) is 2. The lowest BCUT2D eigenvalue weighted by molar-refractivity contribution is -0.141. The molecule has 33 heavy (non-hydrogen) atoms. The van der Waals surface area contributed by atoms with Crippen LogP contribution in [0.4, 0.5) is 18.9 Å². The lowest BCUT2D eigenvalue weighted by Gasteiger charge is -2.28. The number of carboxylic acid groups (broad SMARTS) is 1. The van der Waals surface area contributed by atoms with Crippen molar-refractivity contribution in [2.45, 2.75) is 50.5 Å². The number of hydrogen-bond donors (Lipinski definition) is 4. The number of anilines is 1. The summed E-state index contributed by atoms with van der Waals surface area (Å²) in [5.41, 5.74) is 3.23. The van der Waals surface area contributed by atoms with Crippen molar-refractivity contribution in [1.29, 1.82) is 0 Å². The molecule has 1 aromatic carbocycles. The molecule has 1 aliphatic rings. The Morgan fingerprint density at radius 2 is 1.94 bits per heavy atom. The number of hydrogen-bond acceptors (Lipinski definition) is 6. The van der Waals surface area contributed by atoms with Crippen molar-refractivity contribution in [1.82, 2.24) is 15.5 Å². The third kappa shape index (κ3) is 6.43. The van der Waals surface area contributed by atoms with E-state index >= 15 is 0 Å². The number of nitrogens with zero attached hydrogens (tertiary/aromatic N) is 1. The molecule has 1 fully saturated rings. The summed E-state index contributed by atoms with van der Waals surface area (Å²) in [6.07, 6.45) is -4.41. The van der Waals surface area contributed by atoms with E-state index in [-0.39, 0.29) is 24.8 Å². The van der Waals surface area contributed by atoms with Crippen LogP contribution in [-0.4, -0.2) is 64.7 Å². The molecule has 0 aromatic heterocycles. The first kappa shape index (κ1) is 25.6. The smallest absolute Gasteiger partial charge is 0.418 e. The minimum atomic E-state index is -4.77. The number of amides is 3. The van der Waals surface area contributed by atoms with Crippen molar-refractivity contribution in [2.75, 3.05) is 12.3 Å². The van der Waals surface area contributed by atoms with Gasteiger partial charge in [0.1, 0.15) is 18.4 Å². The van der Waals surface area contributed by atoms with Crippen molar-refractivity contribution in [2.24, 2.45) is 0 Å². The molecule has 0 radical (unpaired) electrons. The number of aliphatic carboxylic acids is 1. The number of benzene rings is 1. The largest absolute Gasteiger partial charge is 0.481 e. The zero-order valence-corrected chi connectivity index (χ0v) is 17.5. The van der Waals surface area contributed by atoms with Crippen LogP contribution in [0.15, 0.2) is 18.2 Å². The van der Waals surface area contributed by atoms with Crippen LogP contribution in [-0.2, 0) is 25.4 Å². The molecule has 0 bridgehead atoms. The van der Waals surface area contributed by atoms with Crippen LogP contribution in [0.2, 0.25) is 0 Å². The molecule has 1 heterocycles. The van der Waals surface area contributed by atoms with Gasteiger partial charge in [0.2, 0.25) is 11.8 Å². The Labute approximate surface area is 186 Å². The number of halogens is 3. The zero-order valence-electron chi connectivity index (χ0n) is 17.5. The van der Waals surface area contributed by atoms with Crippen molar-refractivity contribution in [3.05, 3.63) is 29.3 Å². The topological polar surface area (TPSA) is 159 Å². The Morgan fingerprint density at radius 3 is 2.52 bits per heavy atom. The summed E-state index contributed by atoms with van der Waals surface area (Å²) < 4.78 is 39.1. The number of carbonyl (C=O) groups is 5. The molecule has 3 atom stereocenters. The Balaban J connectivity index is 2.08. The van der Waals surface area contributed by atoms with E-state index in [1.165, 1.54) is 11.8 Å². The van der Waals surface area contributed by atoms with Gasteiger partial charge in [0, 0.05) is 17.8 Å². The van der Waals surface area contributed by atoms with Gasteiger partial charge in [-0.05, 0) is 38.0 Å². The molecule has 10 nitrogen and oxygen atoms in total. The van der Waals surface area contributed by atoms with Crippen molar-refractivity contribution >= 4 is 35.7 Å². The molecule has 0 saturated carbocycles.